The molecule has 1 N–H and O–H groups in total. The van der Waals surface area contributed by atoms with Crippen LogP contribution in [0.2, 0.25) is 0 Å². The predicted octanol–water partition coefficient (Wildman–Crippen LogP) is 1.30. The second-order valence-electron chi connectivity index (χ2n) is 2.30. The molecule has 0 spiro atoms. The van der Waals surface area contributed by atoms with Gasteiger partial charge in [-0.25, -0.2) is 4.79 Å². The fraction of sp³-hybridized carbons (Fsp3) is 0.250. The van der Waals surface area contributed by atoms with Crippen LogP contribution in [0.25, 0.3) is 0 Å². The summed E-state index contributed by atoms with van der Waals surface area (Å²) in [5.41, 5.74) is 0.157. The van der Waals surface area contributed by atoms with Gasteiger partial charge < -0.3 is 9.84 Å². The first-order valence-corrected chi connectivity index (χ1v) is 3.78. The fourth-order valence-electron chi connectivity index (χ4n) is 0.908. The molecule has 0 aromatic carbocycles. The Kier molecular flexibility index (Phi) is 2.60. The van der Waals surface area contributed by atoms with Crippen LogP contribution < -0.4 is 0 Å². The Balaban J connectivity index is 2.95. The van der Waals surface area contributed by atoms with E-state index in [0.717, 1.165) is 0 Å². The number of rotatable bonds is 2. The predicted molar refractivity (Wildman–Crippen MR) is 48.0 cm³/mol. The lowest BCUT2D eigenvalue weighted by Gasteiger charge is -2.10. The summed E-state index contributed by atoms with van der Waals surface area (Å²) >= 11 is 4.85. The van der Waals surface area contributed by atoms with Gasteiger partial charge in [0.1, 0.15) is 5.76 Å². The van der Waals surface area contributed by atoms with E-state index in [9.17, 15) is 4.79 Å². The molecule has 1 aliphatic rings. The molecule has 0 saturated carbocycles. The molecule has 0 aromatic heterocycles. The molecule has 0 aliphatic heterocycles. The number of carboxylic acids is 1. The number of ether oxygens (including phenoxy) is 1. The highest BCUT2D eigenvalue weighted by molar-refractivity contribution is 7.81. The SMILES string of the molecule is COC1=CCC(=S)C(C(=O)O)=C1. The third-order valence-corrected chi connectivity index (χ3v) is 1.93. The van der Waals surface area contributed by atoms with E-state index in [0.29, 0.717) is 17.0 Å². The largest absolute Gasteiger partial charge is 0.497 e. The molecular weight excluding hydrogens is 176 g/mol. The third-order valence-electron chi connectivity index (χ3n) is 1.54. The zero-order valence-corrected chi connectivity index (χ0v) is 7.35. The maximum Gasteiger partial charge on any atom is 0.336 e. The molecule has 3 nitrogen and oxygen atoms in total. The van der Waals surface area contributed by atoms with Crippen LogP contribution in [0.15, 0.2) is 23.5 Å². The van der Waals surface area contributed by atoms with Crippen molar-refractivity contribution in [1.82, 2.24) is 0 Å². The Hall–Kier alpha value is -1.16. The van der Waals surface area contributed by atoms with Gasteiger partial charge in [-0.05, 0) is 12.2 Å². The first-order valence-electron chi connectivity index (χ1n) is 3.37. The number of thiocarbonyl (C=S) groups is 1. The molecule has 0 radical (unpaired) electrons. The van der Waals surface area contributed by atoms with Crippen molar-refractivity contribution in [3.63, 3.8) is 0 Å². The number of carbonyl (C=O) groups is 1. The third kappa shape index (κ3) is 1.71. The monoisotopic (exact) mass is 184 g/mol. The molecule has 64 valence electrons. The zero-order chi connectivity index (χ0) is 9.14. The van der Waals surface area contributed by atoms with Gasteiger partial charge in [-0.3, -0.25) is 0 Å². The highest BCUT2D eigenvalue weighted by atomic mass is 32.1. The molecule has 0 heterocycles. The summed E-state index contributed by atoms with van der Waals surface area (Å²) in [5, 5.41) is 8.68. The minimum Gasteiger partial charge on any atom is -0.497 e. The van der Waals surface area contributed by atoms with E-state index in [1.54, 1.807) is 6.08 Å². The van der Waals surface area contributed by atoms with Crippen molar-refractivity contribution in [2.45, 2.75) is 6.42 Å². The van der Waals surface area contributed by atoms with Gasteiger partial charge in [0.05, 0.1) is 12.7 Å². The van der Waals surface area contributed by atoms with Crippen LogP contribution in [-0.2, 0) is 9.53 Å². The maximum atomic E-state index is 10.6. The normalized spacial score (nSPS) is 16.6. The molecule has 4 heteroatoms. The van der Waals surface area contributed by atoms with E-state index in [1.807, 2.05) is 0 Å². The van der Waals surface area contributed by atoms with Crippen molar-refractivity contribution in [1.29, 1.82) is 0 Å². The number of carboxylic acid groups (broad SMARTS) is 1. The Bertz CT molecular complexity index is 289. The summed E-state index contributed by atoms with van der Waals surface area (Å²) < 4.78 is 4.88. The van der Waals surface area contributed by atoms with Crippen LogP contribution in [-0.4, -0.2) is 23.1 Å². The van der Waals surface area contributed by atoms with Gasteiger partial charge in [0.2, 0.25) is 0 Å². The number of aliphatic carboxylic acids is 1. The molecule has 0 aromatic rings. The molecule has 0 unspecified atom stereocenters. The first-order chi connectivity index (χ1) is 5.65. The van der Waals surface area contributed by atoms with Crippen molar-refractivity contribution in [3.8, 4) is 0 Å². The topological polar surface area (TPSA) is 46.5 Å². The van der Waals surface area contributed by atoms with Gasteiger partial charge in [0.25, 0.3) is 0 Å². The average Bonchev–Trinajstić information content (AvgIpc) is 2.05. The molecule has 0 bridgehead atoms. The average molecular weight is 184 g/mol. The molecule has 0 amide bonds. The smallest absolute Gasteiger partial charge is 0.336 e. The van der Waals surface area contributed by atoms with Gasteiger partial charge in [-0.1, -0.05) is 12.2 Å². The molecule has 0 saturated heterocycles. The number of allylic oxidation sites excluding steroid dienone is 2. The standard InChI is InChI=1S/C8H8O3S/c1-11-5-2-3-7(12)6(4-5)8(9)10/h2,4H,3H2,1H3,(H,9,10). The van der Waals surface area contributed by atoms with Crippen molar-refractivity contribution in [2.24, 2.45) is 0 Å². The summed E-state index contributed by atoms with van der Waals surface area (Å²) in [6, 6.07) is 0. The van der Waals surface area contributed by atoms with E-state index in [4.69, 9.17) is 22.1 Å². The number of hydrogen-bond acceptors (Lipinski definition) is 3. The van der Waals surface area contributed by atoms with Crippen LogP contribution in [0.1, 0.15) is 6.42 Å². The second kappa shape index (κ2) is 3.49. The Morgan fingerprint density at radius 2 is 2.42 bits per heavy atom. The number of methoxy groups -OCH3 is 1. The summed E-state index contributed by atoms with van der Waals surface area (Å²) in [7, 11) is 1.50. The van der Waals surface area contributed by atoms with Crippen LogP contribution in [0.4, 0.5) is 0 Å². The highest BCUT2D eigenvalue weighted by Crippen LogP contribution is 2.15. The van der Waals surface area contributed by atoms with Crippen LogP contribution >= 0.6 is 12.2 Å². The minimum absolute atomic E-state index is 0.157. The quantitative estimate of drug-likeness (QED) is 0.657. The zero-order valence-electron chi connectivity index (χ0n) is 6.53. The molecular formula is C8H8O3S. The van der Waals surface area contributed by atoms with Crippen molar-refractivity contribution < 1.29 is 14.6 Å². The lowest BCUT2D eigenvalue weighted by atomic mass is 10.0. The maximum absolute atomic E-state index is 10.6. The van der Waals surface area contributed by atoms with Gasteiger partial charge in [-0.2, -0.15) is 0 Å². The minimum atomic E-state index is -0.998. The molecule has 1 aliphatic carbocycles. The molecule has 12 heavy (non-hydrogen) atoms. The first kappa shape index (κ1) is 8.93. The Morgan fingerprint density at radius 1 is 1.75 bits per heavy atom. The van der Waals surface area contributed by atoms with Gasteiger partial charge in [0.15, 0.2) is 0 Å². The Morgan fingerprint density at radius 3 is 2.92 bits per heavy atom. The Labute approximate surface area is 75.3 Å². The van der Waals surface area contributed by atoms with Gasteiger partial charge in [0, 0.05) is 11.3 Å². The molecule has 0 fully saturated rings. The van der Waals surface area contributed by atoms with E-state index in [1.165, 1.54) is 13.2 Å². The van der Waals surface area contributed by atoms with Crippen LogP contribution in [0.5, 0.6) is 0 Å². The van der Waals surface area contributed by atoms with E-state index < -0.39 is 5.97 Å². The lowest BCUT2D eigenvalue weighted by Crippen LogP contribution is -2.13. The van der Waals surface area contributed by atoms with E-state index in [-0.39, 0.29) is 5.57 Å². The number of hydrogen-bond donors (Lipinski definition) is 1. The summed E-state index contributed by atoms with van der Waals surface area (Å²) in [5.74, 6) is -0.441. The highest BCUT2D eigenvalue weighted by Gasteiger charge is 2.16. The summed E-state index contributed by atoms with van der Waals surface area (Å²) in [4.78, 5) is 11.0. The van der Waals surface area contributed by atoms with Crippen molar-refractivity contribution in [3.05, 3.63) is 23.5 Å². The summed E-state index contributed by atoms with van der Waals surface area (Å²) in [6.07, 6.45) is 3.67. The van der Waals surface area contributed by atoms with Gasteiger partial charge >= 0.3 is 5.97 Å². The van der Waals surface area contributed by atoms with E-state index >= 15 is 0 Å². The van der Waals surface area contributed by atoms with Crippen LogP contribution in [0, 0.1) is 0 Å². The second-order valence-corrected chi connectivity index (χ2v) is 2.79. The lowest BCUT2D eigenvalue weighted by molar-refractivity contribution is -0.132. The summed E-state index contributed by atoms with van der Waals surface area (Å²) in [6.45, 7) is 0. The van der Waals surface area contributed by atoms with Crippen LogP contribution in [0.3, 0.4) is 0 Å². The van der Waals surface area contributed by atoms with E-state index in [2.05, 4.69) is 0 Å². The van der Waals surface area contributed by atoms with Crippen molar-refractivity contribution >= 4 is 23.1 Å². The van der Waals surface area contributed by atoms with Gasteiger partial charge in [-0.15, -0.1) is 0 Å². The fourth-order valence-corrected chi connectivity index (χ4v) is 1.14. The van der Waals surface area contributed by atoms with Crippen molar-refractivity contribution in [2.75, 3.05) is 7.11 Å². The molecule has 0 atom stereocenters. The molecule has 1 rings (SSSR count).